The van der Waals surface area contributed by atoms with Gasteiger partial charge in [-0.1, -0.05) is 71.9 Å². The molecule has 0 bridgehead atoms. The summed E-state index contributed by atoms with van der Waals surface area (Å²) in [5.74, 6) is 0. The zero-order valence-electron chi connectivity index (χ0n) is 11.5. The molecular weight excluding hydrogens is 204 g/mol. The van der Waals surface area contributed by atoms with Crippen molar-refractivity contribution in [2.75, 3.05) is 0 Å². The van der Waals surface area contributed by atoms with Crippen molar-refractivity contribution in [3.8, 4) is 0 Å². The first kappa shape index (κ1) is 15.4. The SMILES string of the molecule is CC(C)=C/C=C/C=C/C=C/C=C/CC=C(C)C. The molecule has 0 heteroatoms. The topological polar surface area (TPSA) is 0 Å². The first-order valence-corrected chi connectivity index (χ1v) is 6.06. The van der Waals surface area contributed by atoms with Crippen LogP contribution in [0.4, 0.5) is 0 Å². The van der Waals surface area contributed by atoms with E-state index >= 15 is 0 Å². The predicted molar refractivity (Wildman–Crippen MR) is 80.0 cm³/mol. The lowest BCUT2D eigenvalue weighted by Crippen LogP contribution is -1.62. The molecule has 0 aromatic heterocycles. The minimum atomic E-state index is 1.01. The first-order chi connectivity index (χ1) is 8.13. The smallest absolute Gasteiger partial charge is 0.0164 e. The van der Waals surface area contributed by atoms with Gasteiger partial charge in [0.1, 0.15) is 0 Å². The monoisotopic (exact) mass is 228 g/mol. The number of rotatable bonds is 6. The van der Waals surface area contributed by atoms with E-state index in [-0.39, 0.29) is 0 Å². The van der Waals surface area contributed by atoms with Crippen LogP contribution >= 0.6 is 0 Å². The molecule has 0 aliphatic carbocycles. The molecule has 92 valence electrons. The van der Waals surface area contributed by atoms with E-state index in [1.807, 2.05) is 36.5 Å². The highest BCUT2D eigenvalue weighted by Crippen LogP contribution is 1.94. The molecule has 0 radical (unpaired) electrons. The highest BCUT2D eigenvalue weighted by atomic mass is 13.8. The summed E-state index contributed by atoms with van der Waals surface area (Å²) in [6.45, 7) is 8.41. The van der Waals surface area contributed by atoms with Crippen molar-refractivity contribution in [1.29, 1.82) is 0 Å². The molecule has 0 atom stereocenters. The quantitative estimate of drug-likeness (QED) is 0.414. The van der Waals surface area contributed by atoms with E-state index in [0.717, 1.165) is 6.42 Å². The Bertz CT molecular complexity index is 349. The van der Waals surface area contributed by atoms with Crippen LogP contribution in [0.1, 0.15) is 34.1 Å². The molecule has 0 saturated heterocycles. The Hall–Kier alpha value is -1.56. The minimum Gasteiger partial charge on any atom is -0.0821 e. The second kappa shape index (κ2) is 10.9. The van der Waals surface area contributed by atoms with E-state index in [9.17, 15) is 0 Å². The molecule has 0 heterocycles. The van der Waals surface area contributed by atoms with Gasteiger partial charge in [0.2, 0.25) is 0 Å². The Labute approximate surface area is 106 Å². The second-order valence-corrected chi connectivity index (χ2v) is 4.34. The molecule has 0 aliphatic heterocycles. The summed E-state index contributed by atoms with van der Waals surface area (Å²) < 4.78 is 0. The number of hydrogen-bond acceptors (Lipinski definition) is 0. The van der Waals surface area contributed by atoms with Crippen LogP contribution in [0.25, 0.3) is 0 Å². The van der Waals surface area contributed by atoms with E-state index < -0.39 is 0 Å². The van der Waals surface area contributed by atoms with Gasteiger partial charge in [0.05, 0.1) is 0 Å². The van der Waals surface area contributed by atoms with Gasteiger partial charge < -0.3 is 0 Å². The van der Waals surface area contributed by atoms with Gasteiger partial charge in [-0.05, 0) is 34.1 Å². The fraction of sp³-hybridized carbons (Fsp3) is 0.294. The maximum Gasteiger partial charge on any atom is -0.0164 e. The molecule has 0 aliphatic rings. The van der Waals surface area contributed by atoms with Gasteiger partial charge in [-0.2, -0.15) is 0 Å². The van der Waals surface area contributed by atoms with E-state index in [4.69, 9.17) is 0 Å². The van der Waals surface area contributed by atoms with E-state index in [0.29, 0.717) is 0 Å². The van der Waals surface area contributed by atoms with Crippen LogP contribution in [0.15, 0.2) is 71.9 Å². The van der Waals surface area contributed by atoms with E-state index in [2.05, 4.69) is 52.0 Å². The summed E-state index contributed by atoms with van der Waals surface area (Å²) in [6.07, 6.45) is 21.7. The van der Waals surface area contributed by atoms with Crippen LogP contribution < -0.4 is 0 Å². The van der Waals surface area contributed by atoms with Crippen LogP contribution in [0.2, 0.25) is 0 Å². The van der Waals surface area contributed by atoms with Gasteiger partial charge in [-0.25, -0.2) is 0 Å². The molecule has 0 unspecified atom stereocenters. The van der Waals surface area contributed by atoms with Crippen molar-refractivity contribution in [3.05, 3.63) is 71.9 Å². The van der Waals surface area contributed by atoms with E-state index in [1.54, 1.807) is 0 Å². The Morgan fingerprint density at radius 3 is 1.71 bits per heavy atom. The maximum absolute atomic E-state index is 2.21. The van der Waals surface area contributed by atoms with Gasteiger partial charge in [0, 0.05) is 0 Å². The Balaban J connectivity index is 3.81. The normalized spacial score (nSPS) is 12.0. The second-order valence-electron chi connectivity index (χ2n) is 4.34. The average molecular weight is 228 g/mol. The van der Waals surface area contributed by atoms with Gasteiger partial charge in [-0.15, -0.1) is 0 Å². The van der Waals surface area contributed by atoms with Crippen LogP contribution in [0.5, 0.6) is 0 Å². The molecule has 0 spiro atoms. The van der Waals surface area contributed by atoms with Crippen LogP contribution in [0, 0.1) is 0 Å². The van der Waals surface area contributed by atoms with Gasteiger partial charge in [-0.3, -0.25) is 0 Å². The molecule has 0 aromatic rings. The summed E-state index contributed by atoms with van der Waals surface area (Å²) in [7, 11) is 0. The fourth-order valence-electron chi connectivity index (χ4n) is 1.03. The van der Waals surface area contributed by atoms with Crippen molar-refractivity contribution in [3.63, 3.8) is 0 Å². The lowest BCUT2D eigenvalue weighted by molar-refractivity contribution is 1.28. The number of hydrogen-bond donors (Lipinski definition) is 0. The largest absolute Gasteiger partial charge is 0.0821 e. The molecule has 0 rings (SSSR count). The van der Waals surface area contributed by atoms with Gasteiger partial charge in [0.15, 0.2) is 0 Å². The lowest BCUT2D eigenvalue weighted by Gasteiger charge is -1.84. The summed E-state index contributed by atoms with van der Waals surface area (Å²) in [5.41, 5.74) is 2.68. The summed E-state index contributed by atoms with van der Waals surface area (Å²) in [4.78, 5) is 0. The van der Waals surface area contributed by atoms with Crippen molar-refractivity contribution < 1.29 is 0 Å². The zero-order chi connectivity index (χ0) is 12.9. The zero-order valence-corrected chi connectivity index (χ0v) is 11.5. The van der Waals surface area contributed by atoms with Gasteiger partial charge >= 0.3 is 0 Å². The van der Waals surface area contributed by atoms with E-state index in [1.165, 1.54) is 11.1 Å². The third kappa shape index (κ3) is 14.4. The highest BCUT2D eigenvalue weighted by Gasteiger charge is 1.73. The maximum atomic E-state index is 2.21. The lowest BCUT2D eigenvalue weighted by atomic mass is 10.2. The Kier molecular flexibility index (Phi) is 9.94. The standard InChI is InChI=1S/C17H24/c1-16(2)14-12-10-8-6-5-7-9-11-13-15-17(3)4/h5-12,14-15H,13H2,1-4H3/b7-5+,8-6+,11-9+,12-10+. The van der Waals surface area contributed by atoms with Crippen molar-refractivity contribution in [1.82, 2.24) is 0 Å². The van der Waals surface area contributed by atoms with Crippen molar-refractivity contribution >= 4 is 0 Å². The Morgan fingerprint density at radius 1 is 0.647 bits per heavy atom. The summed E-state index contributed by atoms with van der Waals surface area (Å²) in [5, 5.41) is 0. The molecule has 17 heavy (non-hydrogen) atoms. The molecule has 0 amide bonds. The molecule has 0 saturated carbocycles. The van der Waals surface area contributed by atoms with Crippen molar-refractivity contribution in [2.24, 2.45) is 0 Å². The molecule has 0 aromatic carbocycles. The molecule has 0 nitrogen and oxygen atoms in total. The third-order valence-electron chi connectivity index (χ3n) is 1.89. The first-order valence-electron chi connectivity index (χ1n) is 6.06. The summed E-state index contributed by atoms with van der Waals surface area (Å²) >= 11 is 0. The minimum absolute atomic E-state index is 1.01. The van der Waals surface area contributed by atoms with Gasteiger partial charge in [0.25, 0.3) is 0 Å². The fourth-order valence-corrected chi connectivity index (χ4v) is 1.03. The average Bonchev–Trinajstić information content (AvgIpc) is 2.25. The van der Waals surface area contributed by atoms with Crippen LogP contribution in [-0.2, 0) is 0 Å². The molecular formula is C17H24. The predicted octanol–water partition coefficient (Wildman–Crippen LogP) is 5.53. The molecule has 0 fully saturated rings. The Morgan fingerprint density at radius 2 is 1.18 bits per heavy atom. The third-order valence-corrected chi connectivity index (χ3v) is 1.89. The molecule has 0 N–H and O–H groups in total. The van der Waals surface area contributed by atoms with Crippen molar-refractivity contribution in [2.45, 2.75) is 34.1 Å². The van der Waals surface area contributed by atoms with Crippen LogP contribution in [-0.4, -0.2) is 0 Å². The summed E-state index contributed by atoms with van der Waals surface area (Å²) in [6, 6.07) is 0. The number of allylic oxidation sites excluding steroid dienone is 12. The van der Waals surface area contributed by atoms with Crippen LogP contribution in [0.3, 0.4) is 0 Å². The highest BCUT2D eigenvalue weighted by molar-refractivity contribution is 5.19.